The molecule has 1 aromatic carbocycles. The van der Waals surface area contributed by atoms with Gasteiger partial charge in [0.2, 0.25) is 11.8 Å². The van der Waals surface area contributed by atoms with E-state index in [9.17, 15) is 9.59 Å². The Morgan fingerprint density at radius 1 is 1.00 bits per heavy atom. The fourth-order valence-electron chi connectivity index (χ4n) is 4.54. The van der Waals surface area contributed by atoms with Crippen LogP contribution in [0.5, 0.6) is 0 Å². The van der Waals surface area contributed by atoms with Gasteiger partial charge in [0.05, 0.1) is 0 Å². The minimum atomic E-state index is -0.379. The summed E-state index contributed by atoms with van der Waals surface area (Å²) in [5.41, 5.74) is 7.08. The quantitative estimate of drug-likeness (QED) is 0.901. The van der Waals surface area contributed by atoms with Crippen molar-refractivity contribution < 1.29 is 9.59 Å². The molecule has 0 radical (unpaired) electrons. The first kappa shape index (κ1) is 18.9. The van der Waals surface area contributed by atoms with Crippen LogP contribution in [0.4, 0.5) is 0 Å². The Morgan fingerprint density at radius 3 is 2.31 bits per heavy atom. The number of benzene rings is 1. The van der Waals surface area contributed by atoms with Crippen LogP contribution in [0.1, 0.15) is 61.4 Å². The number of hydrogen-bond acceptors (Lipinski definition) is 3. The maximum absolute atomic E-state index is 12.1. The van der Waals surface area contributed by atoms with Gasteiger partial charge in [-0.3, -0.25) is 14.5 Å². The van der Waals surface area contributed by atoms with E-state index in [1.54, 1.807) is 19.1 Å². The number of carbonyl (C=O) groups excluding carboxylic acids is 2. The molecule has 2 aliphatic heterocycles. The van der Waals surface area contributed by atoms with Gasteiger partial charge in [-0.25, -0.2) is 0 Å². The third kappa shape index (κ3) is 4.64. The highest BCUT2D eigenvalue weighted by Crippen LogP contribution is 2.30. The first-order valence-corrected chi connectivity index (χ1v) is 9.93. The lowest BCUT2D eigenvalue weighted by Gasteiger charge is -2.40. The maximum atomic E-state index is 12.1. The first-order valence-electron chi connectivity index (χ1n) is 9.93. The van der Waals surface area contributed by atoms with Crippen molar-refractivity contribution in [2.75, 3.05) is 19.6 Å². The van der Waals surface area contributed by atoms with Gasteiger partial charge >= 0.3 is 0 Å². The van der Waals surface area contributed by atoms with Crippen LogP contribution in [0.3, 0.4) is 0 Å². The van der Waals surface area contributed by atoms with Crippen LogP contribution in [0.25, 0.3) is 0 Å². The molecule has 2 aliphatic rings. The van der Waals surface area contributed by atoms with Gasteiger partial charge in [0.1, 0.15) is 0 Å². The van der Waals surface area contributed by atoms with Crippen LogP contribution < -0.4 is 5.73 Å². The molecule has 2 amide bonds. The molecule has 0 aliphatic carbocycles. The normalized spacial score (nSPS) is 22.8. The zero-order chi connectivity index (χ0) is 18.5. The predicted octanol–water partition coefficient (Wildman–Crippen LogP) is 2.79. The van der Waals surface area contributed by atoms with Crippen molar-refractivity contribution in [3.05, 3.63) is 35.4 Å². The van der Waals surface area contributed by atoms with Crippen molar-refractivity contribution in [2.24, 2.45) is 11.7 Å². The summed E-state index contributed by atoms with van der Waals surface area (Å²) in [4.78, 5) is 27.9. The maximum Gasteiger partial charge on any atom is 0.248 e. The standard InChI is InChI=1S/C21H31N3O2/c1-16(25)24-12-4-2-3-5-20(24)18-10-13-23(14-11-18)15-17-6-8-19(9-7-17)21(22)26/h6-9,18,20H,2-5,10-15H2,1H3,(H2,22,26)/t20-/m0/s1. The summed E-state index contributed by atoms with van der Waals surface area (Å²) in [6.07, 6.45) is 7.14. The summed E-state index contributed by atoms with van der Waals surface area (Å²) in [5.74, 6) is 0.496. The lowest BCUT2D eigenvalue weighted by molar-refractivity contribution is -0.132. The van der Waals surface area contributed by atoms with E-state index in [0.717, 1.165) is 45.4 Å². The molecular formula is C21H31N3O2. The zero-order valence-electron chi connectivity index (χ0n) is 15.8. The molecule has 5 nitrogen and oxygen atoms in total. The van der Waals surface area contributed by atoms with Crippen molar-refractivity contribution in [3.8, 4) is 0 Å². The number of hydrogen-bond donors (Lipinski definition) is 1. The molecular weight excluding hydrogens is 326 g/mol. The Balaban J connectivity index is 1.54. The average Bonchev–Trinajstić information content (AvgIpc) is 2.89. The van der Waals surface area contributed by atoms with E-state index in [4.69, 9.17) is 5.73 Å². The number of likely N-dealkylation sites (tertiary alicyclic amines) is 2. The van der Waals surface area contributed by atoms with Gasteiger partial charge < -0.3 is 10.6 Å². The smallest absolute Gasteiger partial charge is 0.248 e. The second-order valence-electron chi connectivity index (χ2n) is 7.80. The number of nitrogens with two attached hydrogens (primary N) is 1. The van der Waals surface area contributed by atoms with Gasteiger partial charge in [0.25, 0.3) is 0 Å². The van der Waals surface area contributed by atoms with Crippen molar-refractivity contribution in [2.45, 2.75) is 58.0 Å². The molecule has 2 N–H and O–H groups in total. The Morgan fingerprint density at radius 2 is 1.69 bits per heavy atom. The van der Waals surface area contributed by atoms with Gasteiger partial charge in [-0.2, -0.15) is 0 Å². The fraction of sp³-hybridized carbons (Fsp3) is 0.619. The van der Waals surface area contributed by atoms with Crippen LogP contribution in [0.2, 0.25) is 0 Å². The lowest BCUT2D eigenvalue weighted by atomic mass is 9.86. The molecule has 0 bridgehead atoms. The molecule has 5 heteroatoms. The van der Waals surface area contributed by atoms with E-state index in [1.165, 1.54) is 24.8 Å². The SMILES string of the molecule is CC(=O)N1CCCCC[C@H]1C1CCN(Cc2ccc(C(N)=O)cc2)CC1. The van der Waals surface area contributed by atoms with Gasteiger partial charge in [0.15, 0.2) is 0 Å². The largest absolute Gasteiger partial charge is 0.366 e. The molecule has 0 aromatic heterocycles. The van der Waals surface area contributed by atoms with Crippen molar-refractivity contribution in [1.82, 2.24) is 9.80 Å². The van der Waals surface area contributed by atoms with E-state index in [-0.39, 0.29) is 11.8 Å². The Labute approximate surface area is 156 Å². The van der Waals surface area contributed by atoms with Gasteiger partial charge in [-0.05, 0) is 62.4 Å². The topological polar surface area (TPSA) is 66.6 Å². The summed E-state index contributed by atoms with van der Waals surface area (Å²) in [6, 6.07) is 8.04. The fourth-order valence-corrected chi connectivity index (χ4v) is 4.54. The molecule has 2 heterocycles. The minimum absolute atomic E-state index is 0.244. The number of nitrogens with zero attached hydrogens (tertiary/aromatic N) is 2. The molecule has 2 saturated heterocycles. The molecule has 1 atom stereocenters. The molecule has 0 unspecified atom stereocenters. The van der Waals surface area contributed by atoms with Crippen molar-refractivity contribution in [1.29, 1.82) is 0 Å². The van der Waals surface area contributed by atoms with Gasteiger partial charge in [-0.1, -0.05) is 25.0 Å². The van der Waals surface area contributed by atoms with Crippen molar-refractivity contribution in [3.63, 3.8) is 0 Å². The number of primary amides is 1. The van der Waals surface area contributed by atoms with E-state index >= 15 is 0 Å². The highest BCUT2D eigenvalue weighted by atomic mass is 16.2. The number of piperidine rings is 1. The zero-order valence-corrected chi connectivity index (χ0v) is 15.8. The number of carbonyl (C=O) groups is 2. The summed E-state index contributed by atoms with van der Waals surface area (Å²) in [6.45, 7) is 5.72. The Hall–Kier alpha value is -1.88. The average molecular weight is 357 g/mol. The summed E-state index contributed by atoms with van der Waals surface area (Å²) in [5, 5.41) is 0. The first-order chi connectivity index (χ1) is 12.5. The van der Waals surface area contributed by atoms with E-state index in [1.807, 2.05) is 12.1 Å². The molecule has 0 spiro atoms. The summed E-state index contributed by atoms with van der Waals surface area (Å²) >= 11 is 0. The summed E-state index contributed by atoms with van der Waals surface area (Å²) in [7, 11) is 0. The van der Waals surface area contributed by atoms with Crippen LogP contribution in [-0.4, -0.2) is 47.3 Å². The van der Waals surface area contributed by atoms with Crippen LogP contribution in [-0.2, 0) is 11.3 Å². The van der Waals surface area contributed by atoms with Gasteiger partial charge in [-0.15, -0.1) is 0 Å². The molecule has 26 heavy (non-hydrogen) atoms. The molecule has 3 rings (SSSR count). The number of rotatable bonds is 4. The third-order valence-corrected chi connectivity index (χ3v) is 6.02. The predicted molar refractivity (Wildman–Crippen MR) is 103 cm³/mol. The van der Waals surface area contributed by atoms with E-state index in [0.29, 0.717) is 17.5 Å². The molecule has 2 fully saturated rings. The van der Waals surface area contributed by atoms with Crippen molar-refractivity contribution >= 4 is 11.8 Å². The van der Waals surface area contributed by atoms with Crippen LogP contribution in [0.15, 0.2) is 24.3 Å². The summed E-state index contributed by atoms with van der Waals surface area (Å²) < 4.78 is 0. The Bertz CT molecular complexity index is 621. The van der Waals surface area contributed by atoms with E-state index < -0.39 is 0 Å². The highest BCUT2D eigenvalue weighted by molar-refractivity contribution is 5.92. The Kier molecular flexibility index (Phi) is 6.30. The minimum Gasteiger partial charge on any atom is -0.366 e. The number of amides is 2. The highest BCUT2D eigenvalue weighted by Gasteiger charge is 2.32. The monoisotopic (exact) mass is 357 g/mol. The third-order valence-electron chi connectivity index (χ3n) is 6.02. The second-order valence-corrected chi connectivity index (χ2v) is 7.80. The molecule has 1 aromatic rings. The van der Waals surface area contributed by atoms with E-state index in [2.05, 4.69) is 9.80 Å². The molecule has 142 valence electrons. The van der Waals surface area contributed by atoms with Gasteiger partial charge in [0, 0.05) is 31.6 Å². The lowest BCUT2D eigenvalue weighted by Crippen LogP contribution is -2.47. The van der Waals surface area contributed by atoms with Crippen LogP contribution in [0, 0.1) is 5.92 Å². The molecule has 0 saturated carbocycles. The second kappa shape index (κ2) is 8.67. The van der Waals surface area contributed by atoms with Crippen LogP contribution >= 0.6 is 0 Å².